The van der Waals surface area contributed by atoms with Gasteiger partial charge in [-0.05, 0) is 35.9 Å². The maximum absolute atomic E-state index is 5.39. The smallest absolute Gasteiger partial charge is 0.0522 e. The zero-order valence-electron chi connectivity index (χ0n) is 8.80. The first-order chi connectivity index (χ1) is 7.24. The SMILES string of the molecule is CN1CN(Cc2ccncc2)CS(=S)C1. The van der Waals surface area contributed by atoms with Crippen LogP contribution in [0.2, 0.25) is 0 Å². The number of nitrogens with zero attached hydrogens (tertiary/aromatic N) is 3. The monoisotopic (exact) mass is 241 g/mol. The fourth-order valence-electron chi connectivity index (χ4n) is 1.76. The first-order valence-corrected chi connectivity index (χ1v) is 7.37. The molecule has 1 aromatic rings. The Balaban J connectivity index is 1.97. The lowest BCUT2D eigenvalue weighted by Gasteiger charge is -2.34. The highest BCUT2D eigenvalue weighted by Crippen LogP contribution is 2.09. The van der Waals surface area contributed by atoms with Crippen molar-refractivity contribution in [3.8, 4) is 0 Å². The van der Waals surface area contributed by atoms with E-state index in [1.165, 1.54) is 5.56 Å². The van der Waals surface area contributed by atoms with Gasteiger partial charge in [-0.1, -0.05) is 9.45 Å². The Hall–Kier alpha value is -0.360. The van der Waals surface area contributed by atoms with Crippen molar-refractivity contribution in [2.45, 2.75) is 6.54 Å². The third-order valence-corrected chi connectivity index (χ3v) is 4.30. The highest BCUT2D eigenvalue weighted by molar-refractivity contribution is 8.28. The fourth-order valence-corrected chi connectivity index (χ4v) is 3.98. The summed E-state index contributed by atoms with van der Waals surface area (Å²) in [5, 5.41) is 0. The van der Waals surface area contributed by atoms with Gasteiger partial charge < -0.3 is 0 Å². The van der Waals surface area contributed by atoms with Crippen molar-refractivity contribution in [1.82, 2.24) is 14.8 Å². The molecule has 0 radical (unpaired) electrons. The summed E-state index contributed by atoms with van der Waals surface area (Å²) in [4.78, 5) is 8.71. The van der Waals surface area contributed by atoms with Gasteiger partial charge in [-0.15, -0.1) is 0 Å². The molecular formula is C10H15N3S2. The van der Waals surface area contributed by atoms with Gasteiger partial charge in [0.1, 0.15) is 0 Å². The predicted molar refractivity (Wildman–Crippen MR) is 66.9 cm³/mol. The second kappa shape index (κ2) is 5.12. The maximum atomic E-state index is 5.39. The lowest BCUT2D eigenvalue weighted by atomic mass is 10.2. The van der Waals surface area contributed by atoms with Crippen molar-refractivity contribution in [1.29, 1.82) is 0 Å². The van der Waals surface area contributed by atoms with Gasteiger partial charge in [0.05, 0.1) is 18.4 Å². The van der Waals surface area contributed by atoms with Gasteiger partial charge in [0.2, 0.25) is 0 Å². The molecule has 0 spiro atoms. The Kier molecular flexibility index (Phi) is 3.80. The van der Waals surface area contributed by atoms with Gasteiger partial charge in [0.25, 0.3) is 0 Å². The van der Waals surface area contributed by atoms with Crippen LogP contribution in [0.3, 0.4) is 0 Å². The molecule has 5 heteroatoms. The van der Waals surface area contributed by atoms with Gasteiger partial charge in [-0.25, -0.2) is 0 Å². The lowest BCUT2D eigenvalue weighted by molar-refractivity contribution is 0.176. The van der Waals surface area contributed by atoms with E-state index in [-0.39, 0.29) is 9.45 Å². The van der Waals surface area contributed by atoms with E-state index in [9.17, 15) is 0 Å². The summed E-state index contributed by atoms with van der Waals surface area (Å²) >= 11 is 5.39. The zero-order valence-corrected chi connectivity index (χ0v) is 10.4. The average molecular weight is 241 g/mol. The van der Waals surface area contributed by atoms with E-state index in [1.54, 1.807) is 0 Å². The third-order valence-electron chi connectivity index (χ3n) is 2.29. The van der Waals surface area contributed by atoms with Gasteiger partial charge in [-0.3, -0.25) is 14.8 Å². The van der Waals surface area contributed by atoms with Crippen LogP contribution >= 0.6 is 0 Å². The van der Waals surface area contributed by atoms with Crippen LogP contribution in [0.4, 0.5) is 0 Å². The molecule has 1 aromatic heterocycles. The number of hydrogen-bond donors (Lipinski definition) is 0. The second-order valence-corrected chi connectivity index (χ2v) is 6.69. The fraction of sp³-hybridized carbons (Fsp3) is 0.500. The molecule has 0 aromatic carbocycles. The minimum absolute atomic E-state index is 0.0955. The molecule has 1 aliphatic heterocycles. The van der Waals surface area contributed by atoms with Crippen LogP contribution in [-0.4, -0.2) is 40.3 Å². The molecule has 1 aliphatic rings. The van der Waals surface area contributed by atoms with Gasteiger partial charge in [0, 0.05) is 18.9 Å². The van der Waals surface area contributed by atoms with Crippen LogP contribution in [0.5, 0.6) is 0 Å². The lowest BCUT2D eigenvalue weighted by Crippen LogP contribution is -2.44. The number of pyridine rings is 1. The van der Waals surface area contributed by atoms with Crippen LogP contribution in [0, 0.1) is 0 Å². The zero-order chi connectivity index (χ0) is 10.7. The van der Waals surface area contributed by atoms with Crippen LogP contribution in [0.1, 0.15) is 5.56 Å². The quantitative estimate of drug-likeness (QED) is 0.762. The van der Waals surface area contributed by atoms with E-state index < -0.39 is 0 Å². The van der Waals surface area contributed by atoms with E-state index in [0.29, 0.717) is 0 Å². The van der Waals surface area contributed by atoms with Gasteiger partial charge in [-0.2, -0.15) is 0 Å². The van der Waals surface area contributed by atoms with E-state index in [2.05, 4.69) is 34.0 Å². The van der Waals surface area contributed by atoms with E-state index in [4.69, 9.17) is 11.2 Å². The Bertz CT molecular complexity index is 342. The molecule has 0 saturated carbocycles. The second-order valence-electron chi connectivity index (χ2n) is 3.88. The summed E-state index contributed by atoms with van der Waals surface area (Å²) in [6, 6.07) is 4.13. The molecule has 0 amide bonds. The normalized spacial score (nSPS) is 24.2. The van der Waals surface area contributed by atoms with Crippen LogP contribution in [0.25, 0.3) is 0 Å². The van der Waals surface area contributed by atoms with Crippen molar-refractivity contribution in [3.05, 3.63) is 30.1 Å². The summed E-state index contributed by atoms with van der Waals surface area (Å²) in [6.45, 7) is 2.00. The van der Waals surface area contributed by atoms with Crippen molar-refractivity contribution < 1.29 is 0 Å². The molecule has 1 saturated heterocycles. The molecule has 3 nitrogen and oxygen atoms in total. The Morgan fingerprint density at radius 1 is 1.40 bits per heavy atom. The molecule has 0 N–H and O–H groups in total. The van der Waals surface area contributed by atoms with Crippen molar-refractivity contribution >= 4 is 20.6 Å². The maximum Gasteiger partial charge on any atom is 0.0522 e. The van der Waals surface area contributed by atoms with Gasteiger partial charge in [0.15, 0.2) is 0 Å². The summed E-state index contributed by atoms with van der Waals surface area (Å²) in [6.07, 6.45) is 3.69. The molecule has 1 fully saturated rings. The molecule has 2 rings (SSSR count). The van der Waals surface area contributed by atoms with E-state index >= 15 is 0 Å². The third kappa shape index (κ3) is 3.31. The molecule has 82 valence electrons. The number of rotatable bonds is 2. The standard InChI is InChI=1S/C10H15N3S2/c1-12-7-13(9-15(14)8-12)6-10-2-4-11-5-3-10/h2-5H,6-9H2,1H3. The molecular weight excluding hydrogens is 226 g/mol. The number of aromatic nitrogens is 1. The van der Waals surface area contributed by atoms with E-state index in [1.807, 2.05) is 12.4 Å². The predicted octanol–water partition coefficient (Wildman–Crippen LogP) is 0.782. The van der Waals surface area contributed by atoms with Crippen LogP contribution in [0.15, 0.2) is 24.5 Å². The Morgan fingerprint density at radius 3 is 2.80 bits per heavy atom. The van der Waals surface area contributed by atoms with Crippen LogP contribution in [-0.2, 0) is 27.2 Å². The molecule has 1 atom stereocenters. The highest BCUT2D eigenvalue weighted by Gasteiger charge is 2.16. The topological polar surface area (TPSA) is 19.4 Å². The van der Waals surface area contributed by atoms with Crippen molar-refractivity contribution in [2.75, 3.05) is 25.5 Å². The van der Waals surface area contributed by atoms with Crippen LogP contribution < -0.4 is 0 Å². The molecule has 0 aliphatic carbocycles. The molecule has 2 heterocycles. The molecule has 15 heavy (non-hydrogen) atoms. The minimum Gasteiger partial charge on any atom is -0.284 e. The summed E-state index contributed by atoms with van der Waals surface area (Å²) < 4.78 is 0. The van der Waals surface area contributed by atoms with Gasteiger partial charge >= 0.3 is 0 Å². The average Bonchev–Trinajstić information content (AvgIpc) is 2.17. The van der Waals surface area contributed by atoms with Crippen molar-refractivity contribution in [3.63, 3.8) is 0 Å². The Morgan fingerprint density at radius 2 is 2.13 bits per heavy atom. The summed E-state index contributed by atoms with van der Waals surface area (Å²) in [5.41, 5.74) is 1.31. The summed E-state index contributed by atoms with van der Waals surface area (Å²) in [5.74, 6) is 2.10. The highest BCUT2D eigenvalue weighted by atomic mass is 32.8. The first kappa shape index (κ1) is 11.1. The summed E-state index contributed by atoms with van der Waals surface area (Å²) in [7, 11) is 2.23. The molecule has 1 unspecified atom stereocenters. The molecule has 0 bridgehead atoms. The van der Waals surface area contributed by atoms with Crippen molar-refractivity contribution in [2.24, 2.45) is 0 Å². The minimum atomic E-state index is 0.0955. The van der Waals surface area contributed by atoms with E-state index in [0.717, 1.165) is 25.0 Å². The number of hydrogen-bond acceptors (Lipinski definition) is 4. The first-order valence-electron chi connectivity index (χ1n) is 4.89. The largest absolute Gasteiger partial charge is 0.284 e. The Labute approximate surface area is 97.7 Å².